The van der Waals surface area contributed by atoms with Crippen LogP contribution in [0.15, 0.2) is 24.5 Å². The predicted octanol–water partition coefficient (Wildman–Crippen LogP) is 4.96. The van der Waals surface area contributed by atoms with E-state index in [0.717, 1.165) is 11.4 Å². The summed E-state index contributed by atoms with van der Waals surface area (Å²) < 4.78 is 0. The van der Waals surface area contributed by atoms with Crippen LogP contribution in [0, 0.1) is 13.8 Å². The van der Waals surface area contributed by atoms with E-state index in [2.05, 4.69) is 39.8 Å². The number of pyridine rings is 2. The number of hydrogen-bond donors (Lipinski definition) is 0. The third-order valence-electron chi connectivity index (χ3n) is 4.66. The summed E-state index contributed by atoms with van der Waals surface area (Å²) in [7, 11) is 0. The Balaban J connectivity index is 2.32. The number of fused-ring (bicyclic) bond motifs is 3. The number of aryl methyl sites for hydroxylation is 2. The van der Waals surface area contributed by atoms with Crippen LogP contribution < -0.4 is 0 Å². The molecule has 0 saturated carbocycles. The highest BCUT2D eigenvalue weighted by molar-refractivity contribution is 5.75. The topological polar surface area (TPSA) is 25.8 Å². The molecule has 0 aliphatic heterocycles. The van der Waals surface area contributed by atoms with Crippen molar-refractivity contribution in [3.05, 3.63) is 46.8 Å². The van der Waals surface area contributed by atoms with Crippen molar-refractivity contribution in [2.45, 2.75) is 58.8 Å². The lowest BCUT2D eigenvalue weighted by Gasteiger charge is -2.31. The van der Waals surface area contributed by atoms with Gasteiger partial charge in [0.1, 0.15) is 0 Å². The van der Waals surface area contributed by atoms with Crippen molar-refractivity contribution in [3.8, 4) is 11.4 Å². The fraction of sp³-hybridized carbons (Fsp3) is 0.474. The third kappa shape index (κ3) is 2.08. The Kier molecular flexibility index (Phi) is 3.56. The van der Waals surface area contributed by atoms with Gasteiger partial charge in [0.15, 0.2) is 0 Å². The van der Waals surface area contributed by atoms with Crippen LogP contribution in [0.4, 0.5) is 0 Å². The summed E-state index contributed by atoms with van der Waals surface area (Å²) >= 11 is 0. The lowest BCUT2D eigenvalue weighted by molar-refractivity contribution is 0.434. The number of aromatic nitrogens is 2. The first kappa shape index (κ1) is 14.2. The molecule has 0 fully saturated rings. The summed E-state index contributed by atoms with van der Waals surface area (Å²) in [6, 6.07) is 4.68. The van der Waals surface area contributed by atoms with Gasteiger partial charge in [-0.15, -0.1) is 0 Å². The minimum Gasteiger partial charge on any atom is -0.254 e. The van der Waals surface area contributed by atoms with Gasteiger partial charge in [0.05, 0.1) is 11.4 Å². The molecule has 2 aromatic heterocycles. The second-order valence-electron chi connectivity index (χ2n) is 6.40. The normalized spacial score (nSPS) is 14.9. The van der Waals surface area contributed by atoms with Crippen LogP contribution in [0.3, 0.4) is 0 Å². The van der Waals surface area contributed by atoms with Gasteiger partial charge in [-0.25, -0.2) is 0 Å². The average Bonchev–Trinajstić information content (AvgIpc) is 2.70. The summed E-state index contributed by atoms with van der Waals surface area (Å²) in [6.45, 7) is 8.83. The molecule has 2 heteroatoms. The van der Waals surface area contributed by atoms with Crippen molar-refractivity contribution in [2.24, 2.45) is 0 Å². The molecule has 0 atom stereocenters. The zero-order valence-corrected chi connectivity index (χ0v) is 13.5. The van der Waals surface area contributed by atoms with Crippen molar-refractivity contribution in [2.75, 3.05) is 0 Å². The molecule has 1 aliphatic carbocycles. The second kappa shape index (κ2) is 5.25. The molecule has 2 aromatic rings. The molecular formula is C19H24N2. The minimum absolute atomic E-state index is 0.117. The van der Waals surface area contributed by atoms with Crippen molar-refractivity contribution >= 4 is 0 Å². The predicted molar refractivity (Wildman–Crippen MR) is 87.5 cm³/mol. The van der Waals surface area contributed by atoms with Crippen LogP contribution >= 0.6 is 0 Å². The quantitative estimate of drug-likeness (QED) is 0.791. The van der Waals surface area contributed by atoms with Crippen molar-refractivity contribution < 1.29 is 0 Å². The molecule has 21 heavy (non-hydrogen) atoms. The highest BCUT2D eigenvalue weighted by atomic mass is 14.8. The Hall–Kier alpha value is -1.70. The largest absolute Gasteiger partial charge is 0.254 e. The fourth-order valence-electron chi connectivity index (χ4n) is 3.91. The van der Waals surface area contributed by atoms with Gasteiger partial charge in [-0.05, 0) is 48.9 Å². The van der Waals surface area contributed by atoms with E-state index in [9.17, 15) is 0 Å². The van der Waals surface area contributed by atoms with Gasteiger partial charge in [0.25, 0.3) is 0 Å². The lowest BCUT2D eigenvalue weighted by Crippen LogP contribution is -2.25. The van der Waals surface area contributed by atoms with E-state index in [1.807, 2.05) is 12.4 Å². The van der Waals surface area contributed by atoms with Crippen molar-refractivity contribution in [1.82, 2.24) is 9.97 Å². The molecule has 1 aliphatic rings. The number of nitrogens with zero attached hydrogens (tertiary/aromatic N) is 2. The SMILES string of the molecule is CCCC1(CCC)c2cc(C)cnc2-c2ncc(C)cc21. The average molecular weight is 280 g/mol. The molecular weight excluding hydrogens is 256 g/mol. The van der Waals surface area contributed by atoms with Crippen LogP contribution in [0.25, 0.3) is 11.4 Å². The fourth-order valence-corrected chi connectivity index (χ4v) is 3.91. The van der Waals surface area contributed by atoms with Gasteiger partial charge in [0.2, 0.25) is 0 Å². The van der Waals surface area contributed by atoms with Crippen LogP contribution in [0.1, 0.15) is 61.8 Å². The van der Waals surface area contributed by atoms with E-state index in [1.165, 1.54) is 47.9 Å². The zero-order chi connectivity index (χ0) is 15.0. The molecule has 0 bridgehead atoms. The Bertz CT molecular complexity index is 614. The molecule has 0 amide bonds. The van der Waals surface area contributed by atoms with Crippen molar-refractivity contribution in [1.29, 1.82) is 0 Å². The van der Waals surface area contributed by atoms with Gasteiger partial charge >= 0.3 is 0 Å². The summed E-state index contributed by atoms with van der Waals surface area (Å²) in [5.41, 5.74) is 7.63. The molecule has 0 unspecified atom stereocenters. The zero-order valence-electron chi connectivity index (χ0n) is 13.5. The van der Waals surface area contributed by atoms with Crippen molar-refractivity contribution in [3.63, 3.8) is 0 Å². The monoisotopic (exact) mass is 280 g/mol. The van der Waals surface area contributed by atoms with E-state index in [1.54, 1.807) is 0 Å². The minimum atomic E-state index is 0.117. The van der Waals surface area contributed by atoms with E-state index < -0.39 is 0 Å². The van der Waals surface area contributed by atoms with E-state index in [-0.39, 0.29) is 5.41 Å². The first-order valence-corrected chi connectivity index (χ1v) is 8.07. The molecule has 2 heterocycles. The Morgan fingerprint density at radius 3 is 1.62 bits per heavy atom. The van der Waals surface area contributed by atoms with E-state index >= 15 is 0 Å². The first-order valence-electron chi connectivity index (χ1n) is 8.07. The summed E-state index contributed by atoms with van der Waals surface area (Å²) in [5.74, 6) is 0. The van der Waals surface area contributed by atoms with Gasteiger partial charge in [-0.3, -0.25) is 9.97 Å². The number of hydrogen-bond acceptors (Lipinski definition) is 2. The third-order valence-corrected chi connectivity index (χ3v) is 4.66. The van der Waals surface area contributed by atoms with Crippen LogP contribution in [-0.2, 0) is 5.41 Å². The Morgan fingerprint density at radius 2 is 1.24 bits per heavy atom. The van der Waals surface area contributed by atoms with Crippen LogP contribution in [0.5, 0.6) is 0 Å². The van der Waals surface area contributed by atoms with E-state index in [4.69, 9.17) is 9.97 Å². The smallest absolute Gasteiger partial charge is 0.0930 e. The molecule has 3 rings (SSSR count). The van der Waals surface area contributed by atoms with Gasteiger partial charge in [-0.2, -0.15) is 0 Å². The maximum absolute atomic E-state index is 4.73. The molecule has 110 valence electrons. The Labute approximate surface area is 127 Å². The molecule has 0 aromatic carbocycles. The van der Waals surface area contributed by atoms with Crippen LogP contribution in [-0.4, -0.2) is 9.97 Å². The molecule has 0 saturated heterocycles. The molecule has 2 nitrogen and oxygen atoms in total. The van der Waals surface area contributed by atoms with E-state index in [0.29, 0.717) is 0 Å². The van der Waals surface area contributed by atoms with Gasteiger partial charge in [0, 0.05) is 17.8 Å². The van der Waals surface area contributed by atoms with Crippen LogP contribution in [0.2, 0.25) is 0 Å². The van der Waals surface area contributed by atoms with Gasteiger partial charge < -0.3 is 0 Å². The highest BCUT2D eigenvalue weighted by Crippen LogP contribution is 2.52. The highest BCUT2D eigenvalue weighted by Gasteiger charge is 2.43. The maximum Gasteiger partial charge on any atom is 0.0930 e. The molecule has 0 spiro atoms. The molecule has 0 radical (unpaired) electrons. The maximum atomic E-state index is 4.73. The summed E-state index contributed by atoms with van der Waals surface area (Å²) in [4.78, 5) is 9.45. The number of rotatable bonds is 4. The summed E-state index contributed by atoms with van der Waals surface area (Å²) in [6.07, 6.45) is 8.66. The standard InChI is InChI=1S/C19H24N2/c1-5-7-19(8-6-2)15-9-13(3)11-20-17(15)18-16(19)10-14(4)12-21-18/h9-12H,5-8H2,1-4H3. The second-order valence-corrected chi connectivity index (χ2v) is 6.40. The Morgan fingerprint density at radius 1 is 0.810 bits per heavy atom. The first-order chi connectivity index (χ1) is 10.1. The lowest BCUT2D eigenvalue weighted by atomic mass is 9.71. The summed E-state index contributed by atoms with van der Waals surface area (Å²) in [5, 5.41) is 0. The molecule has 0 N–H and O–H groups in total. The van der Waals surface area contributed by atoms with Gasteiger partial charge in [-0.1, -0.05) is 38.8 Å².